The fourth-order valence-corrected chi connectivity index (χ4v) is 4.59. The molecule has 0 atom stereocenters. The second-order valence-corrected chi connectivity index (χ2v) is 8.49. The van der Waals surface area contributed by atoms with E-state index in [1.54, 1.807) is 6.20 Å². The number of aromatic nitrogens is 1. The van der Waals surface area contributed by atoms with Crippen molar-refractivity contribution in [2.75, 3.05) is 13.2 Å². The van der Waals surface area contributed by atoms with E-state index in [2.05, 4.69) is 40.6 Å². The molecule has 2 heterocycles. The van der Waals surface area contributed by atoms with Crippen LogP contribution in [0.15, 0.2) is 48.8 Å². The smallest absolute Gasteiger partial charge is 0.226 e. The van der Waals surface area contributed by atoms with E-state index in [1.807, 2.05) is 12.3 Å². The molecule has 1 aliphatic heterocycles. The van der Waals surface area contributed by atoms with Crippen LogP contribution in [0.4, 0.5) is 0 Å². The van der Waals surface area contributed by atoms with Gasteiger partial charge in [0, 0.05) is 31.6 Å². The second-order valence-electron chi connectivity index (χ2n) is 8.49. The summed E-state index contributed by atoms with van der Waals surface area (Å²) in [7, 11) is 0. The molecule has 0 radical (unpaired) electrons. The van der Waals surface area contributed by atoms with E-state index >= 15 is 0 Å². The van der Waals surface area contributed by atoms with Gasteiger partial charge < -0.3 is 15.2 Å². The lowest BCUT2D eigenvalue weighted by atomic mass is 9.73. The molecule has 2 aliphatic rings. The van der Waals surface area contributed by atoms with Crippen molar-refractivity contribution < 1.29 is 14.6 Å². The highest BCUT2D eigenvalue weighted by molar-refractivity contribution is 5.83. The Morgan fingerprint density at radius 1 is 1.10 bits per heavy atom. The zero-order chi connectivity index (χ0) is 20.1. The van der Waals surface area contributed by atoms with E-state index in [-0.39, 0.29) is 18.1 Å². The molecule has 1 amide bonds. The van der Waals surface area contributed by atoms with Crippen LogP contribution >= 0.6 is 0 Å². The number of pyridine rings is 1. The number of carbonyl (C=O) groups excluding carboxylic acids is 1. The molecule has 154 valence electrons. The quantitative estimate of drug-likeness (QED) is 0.814. The summed E-state index contributed by atoms with van der Waals surface area (Å²) in [6.45, 7) is 1.25. The number of hydrogen-bond donors (Lipinski definition) is 2. The van der Waals surface area contributed by atoms with Crippen LogP contribution in [-0.2, 0) is 16.0 Å². The minimum atomic E-state index is -0.429. The Morgan fingerprint density at radius 3 is 2.59 bits per heavy atom. The van der Waals surface area contributed by atoms with Crippen molar-refractivity contribution in [1.29, 1.82) is 0 Å². The largest absolute Gasteiger partial charge is 0.393 e. The van der Waals surface area contributed by atoms with Crippen LogP contribution in [0.1, 0.15) is 44.1 Å². The van der Waals surface area contributed by atoms with Crippen LogP contribution < -0.4 is 5.32 Å². The number of nitrogens with one attached hydrogen (secondary N) is 1. The molecule has 29 heavy (non-hydrogen) atoms. The highest BCUT2D eigenvalue weighted by atomic mass is 16.5. The number of aliphatic hydroxyl groups excluding tert-OH is 1. The van der Waals surface area contributed by atoms with Crippen molar-refractivity contribution in [3.05, 3.63) is 54.4 Å². The molecule has 2 fully saturated rings. The molecule has 5 heteroatoms. The average Bonchev–Trinajstić information content (AvgIpc) is 2.77. The average molecular weight is 395 g/mol. The molecule has 1 saturated carbocycles. The van der Waals surface area contributed by atoms with Gasteiger partial charge in [0.1, 0.15) is 0 Å². The number of hydrogen-bond acceptors (Lipinski definition) is 4. The summed E-state index contributed by atoms with van der Waals surface area (Å²) in [5, 5.41) is 13.0. The summed E-state index contributed by atoms with van der Waals surface area (Å²) in [6, 6.07) is 12.6. The topological polar surface area (TPSA) is 71.5 Å². The van der Waals surface area contributed by atoms with Gasteiger partial charge in [-0.1, -0.05) is 30.3 Å². The molecule has 5 nitrogen and oxygen atoms in total. The molecule has 0 bridgehead atoms. The summed E-state index contributed by atoms with van der Waals surface area (Å²) in [5.74, 6) is 0.147. The van der Waals surface area contributed by atoms with Crippen LogP contribution in [0, 0.1) is 5.41 Å². The predicted molar refractivity (Wildman–Crippen MR) is 112 cm³/mol. The van der Waals surface area contributed by atoms with Gasteiger partial charge in [-0.15, -0.1) is 0 Å². The monoisotopic (exact) mass is 394 g/mol. The van der Waals surface area contributed by atoms with E-state index in [0.29, 0.717) is 19.6 Å². The second kappa shape index (κ2) is 9.06. The van der Waals surface area contributed by atoms with Gasteiger partial charge in [0.2, 0.25) is 5.91 Å². The zero-order valence-corrected chi connectivity index (χ0v) is 16.8. The van der Waals surface area contributed by atoms with Gasteiger partial charge in [0.05, 0.1) is 11.5 Å². The Kier molecular flexibility index (Phi) is 6.26. The van der Waals surface area contributed by atoms with Gasteiger partial charge in [-0.3, -0.25) is 9.78 Å². The van der Waals surface area contributed by atoms with Crippen LogP contribution in [-0.4, -0.2) is 41.4 Å². The first-order valence-corrected chi connectivity index (χ1v) is 10.7. The normalized spacial score (nSPS) is 24.0. The van der Waals surface area contributed by atoms with Gasteiger partial charge in [0.25, 0.3) is 0 Å². The lowest BCUT2D eigenvalue weighted by Crippen LogP contribution is -2.50. The molecule has 2 aromatic rings. The number of nitrogens with zero attached hydrogens (tertiary/aromatic N) is 1. The maximum absolute atomic E-state index is 13.4. The molecule has 0 unspecified atom stereocenters. The predicted octanol–water partition coefficient (Wildman–Crippen LogP) is 3.51. The molecular formula is C24H30N2O3. The van der Waals surface area contributed by atoms with Crippen LogP contribution in [0.3, 0.4) is 0 Å². The number of benzene rings is 1. The summed E-state index contributed by atoms with van der Waals surface area (Å²) < 4.78 is 5.59. The molecule has 0 spiro atoms. The summed E-state index contributed by atoms with van der Waals surface area (Å²) >= 11 is 0. The number of carbonyl (C=O) groups is 1. The van der Waals surface area contributed by atoms with Gasteiger partial charge in [-0.25, -0.2) is 0 Å². The molecule has 1 saturated heterocycles. The van der Waals surface area contributed by atoms with Crippen molar-refractivity contribution in [3.8, 4) is 11.1 Å². The van der Waals surface area contributed by atoms with Gasteiger partial charge in [-0.05, 0) is 67.7 Å². The highest BCUT2D eigenvalue weighted by Gasteiger charge is 2.41. The van der Waals surface area contributed by atoms with Gasteiger partial charge in [-0.2, -0.15) is 0 Å². The number of rotatable bonds is 5. The molecule has 1 aromatic heterocycles. The Balaban J connectivity index is 1.52. The van der Waals surface area contributed by atoms with Crippen molar-refractivity contribution in [2.24, 2.45) is 5.41 Å². The molecule has 1 aliphatic carbocycles. The Labute approximate surface area is 172 Å². The first-order chi connectivity index (χ1) is 14.1. The van der Waals surface area contributed by atoms with E-state index in [1.165, 1.54) is 5.56 Å². The summed E-state index contributed by atoms with van der Waals surface area (Å²) in [4.78, 5) is 17.6. The van der Waals surface area contributed by atoms with E-state index in [4.69, 9.17) is 4.74 Å². The minimum absolute atomic E-state index is 0.147. The van der Waals surface area contributed by atoms with Gasteiger partial charge in [0.15, 0.2) is 0 Å². The van der Waals surface area contributed by atoms with E-state index in [9.17, 15) is 9.90 Å². The minimum Gasteiger partial charge on any atom is -0.393 e. The van der Waals surface area contributed by atoms with Gasteiger partial charge >= 0.3 is 0 Å². The van der Waals surface area contributed by atoms with Crippen LogP contribution in [0.2, 0.25) is 0 Å². The van der Waals surface area contributed by atoms with E-state index in [0.717, 1.165) is 49.7 Å². The Bertz CT molecular complexity index is 810. The number of ether oxygens (including phenoxy) is 1. The van der Waals surface area contributed by atoms with Crippen LogP contribution in [0.25, 0.3) is 11.1 Å². The van der Waals surface area contributed by atoms with Crippen molar-refractivity contribution in [3.63, 3.8) is 0 Å². The van der Waals surface area contributed by atoms with Crippen molar-refractivity contribution >= 4 is 5.91 Å². The zero-order valence-electron chi connectivity index (χ0n) is 16.8. The third-order valence-electron chi connectivity index (χ3n) is 6.43. The molecular weight excluding hydrogens is 364 g/mol. The molecule has 1 aromatic carbocycles. The lowest BCUT2D eigenvalue weighted by Gasteiger charge is -2.38. The van der Waals surface area contributed by atoms with Crippen LogP contribution in [0.5, 0.6) is 0 Å². The summed E-state index contributed by atoms with van der Waals surface area (Å²) in [5.41, 5.74) is 2.95. The SMILES string of the molecule is O=C(NC1CCC(O)CC1)C1(Cc2cccc(-c3cccnc3)c2)CCOCC1. The summed E-state index contributed by atoms with van der Waals surface area (Å²) in [6.07, 6.45) is 8.89. The standard InChI is InChI=1S/C24H30N2O3/c27-22-8-6-21(7-9-22)26-23(28)24(10-13-29-14-11-24)16-18-3-1-4-19(15-18)20-5-2-12-25-17-20/h1-5,12,15,17,21-22,27H,6-11,13-14,16H2,(H,26,28). The molecule has 4 rings (SSSR count). The van der Waals surface area contributed by atoms with E-state index < -0.39 is 5.41 Å². The fraction of sp³-hybridized carbons (Fsp3) is 0.500. The number of amides is 1. The molecule has 2 N–H and O–H groups in total. The van der Waals surface area contributed by atoms with Crippen molar-refractivity contribution in [1.82, 2.24) is 10.3 Å². The third-order valence-corrected chi connectivity index (χ3v) is 6.43. The Hall–Kier alpha value is -2.24. The fourth-order valence-electron chi connectivity index (χ4n) is 4.59. The lowest BCUT2D eigenvalue weighted by molar-refractivity contribution is -0.137. The highest BCUT2D eigenvalue weighted by Crippen LogP contribution is 2.36. The maximum Gasteiger partial charge on any atom is 0.226 e. The maximum atomic E-state index is 13.4. The third kappa shape index (κ3) is 4.85. The first kappa shape index (κ1) is 20.0. The number of aliphatic hydroxyl groups is 1. The Morgan fingerprint density at radius 2 is 1.86 bits per heavy atom. The first-order valence-electron chi connectivity index (χ1n) is 10.7. The van der Waals surface area contributed by atoms with Crippen molar-refractivity contribution in [2.45, 2.75) is 57.1 Å².